The smallest absolute Gasteiger partial charge is 0.123 e. The van der Waals surface area contributed by atoms with Crippen LogP contribution in [0.4, 0.5) is 0 Å². The van der Waals surface area contributed by atoms with Crippen molar-refractivity contribution in [2.75, 3.05) is 7.11 Å². The molecule has 0 radical (unpaired) electrons. The third-order valence-electron chi connectivity index (χ3n) is 2.44. The molecule has 76 valence electrons. The Hall–Kier alpha value is -0.890. The first-order chi connectivity index (χ1) is 6.74. The first kappa shape index (κ1) is 9.66. The Kier molecular flexibility index (Phi) is 2.55. The van der Waals surface area contributed by atoms with Crippen LogP contribution in [-0.2, 0) is 12.3 Å². The molecule has 1 heterocycles. The second kappa shape index (κ2) is 3.70. The summed E-state index contributed by atoms with van der Waals surface area (Å²) in [6.07, 6.45) is 1.22. The second-order valence-corrected chi connectivity index (χ2v) is 3.81. The summed E-state index contributed by atoms with van der Waals surface area (Å²) in [6, 6.07) is 4.00. The van der Waals surface area contributed by atoms with Crippen LogP contribution >= 0.6 is 11.6 Å². The first-order valence-electron chi connectivity index (χ1n) is 4.67. The summed E-state index contributed by atoms with van der Waals surface area (Å²) in [5, 5.41) is 0. The van der Waals surface area contributed by atoms with E-state index in [1.54, 1.807) is 7.11 Å². The van der Waals surface area contributed by atoms with E-state index in [0.717, 1.165) is 23.5 Å². The first-order valence-corrected chi connectivity index (χ1v) is 5.20. The Morgan fingerprint density at radius 1 is 1.57 bits per heavy atom. The minimum absolute atomic E-state index is 0.264. The number of fused-ring (bicyclic) bond motifs is 1. The van der Waals surface area contributed by atoms with Crippen molar-refractivity contribution in [1.82, 2.24) is 0 Å². The molecule has 0 spiro atoms. The molecule has 0 saturated carbocycles. The zero-order chi connectivity index (χ0) is 10.1. The van der Waals surface area contributed by atoms with Crippen LogP contribution in [0.15, 0.2) is 12.1 Å². The molecule has 0 saturated heterocycles. The standard InChI is InChI=1S/C11H13ClO2/c1-7-3-8-4-10(13-2)9(6-12)5-11(8)14-7/h4-5,7H,3,6H2,1-2H3. The van der Waals surface area contributed by atoms with Crippen LogP contribution in [0.1, 0.15) is 18.1 Å². The molecule has 0 amide bonds. The lowest BCUT2D eigenvalue weighted by Crippen LogP contribution is -2.05. The van der Waals surface area contributed by atoms with E-state index < -0.39 is 0 Å². The molecule has 1 aromatic rings. The van der Waals surface area contributed by atoms with Gasteiger partial charge in [-0.15, -0.1) is 11.6 Å². The van der Waals surface area contributed by atoms with Crippen LogP contribution in [0.3, 0.4) is 0 Å². The maximum atomic E-state index is 5.81. The van der Waals surface area contributed by atoms with Gasteiger partial charge in [-0.3, -0.25) is 0 Å². The fraction of sp³-hybridized carbons (Fsp3) is 0.455. The van der Waals surface area contributed by atoms with Crippen LogP contribution in [0, 0.1) is 0 Å². The van der Waals surface area contributed by atoms with E-state index in [1.807, 2.05) is 12.1 Å². The largest absolute Gasteiger partial charge is 0.496 e. The summed E-state index contributed by atoms with van der Waals surface area (Å²) < 4.78 is 10.9. The second-order valence-electron chi connectivity index (χ2n) is 3.54. The van der Waals surface area contributed by atoms with Gasteiger partial charge in [-0.1, -0.05) is 0 Å². The number of alkyl halides is 1. The fourth-order valence-corrected chi connectivity index (χ4v) is 1.98. The Labute approximate surface area is 88.8 Å². The molecule has 1 aliphatic rings. The SMILES string of the molecule is COc1cc2c(cc1CCl)OC(C)C2. The molecule has 0 aromatic heterocycles. The summed E-state index contributed by atoms with van der Waals surface area (Å²) in [6.45, 7) is 2.06. The van der Waals surface area contributed by atoms with Gasteiger partial charge in [0.25, 0.3) is 0 Å². The third kappa shape index (κ3) is 1.55. The van der Waals surface area contributed by atoms with E-state index in [9.17, 15) is 0 Å². The summed E-state index contributed by atoms with van der Waals surface area (Å²) in [7, 11) is 1.66. The molecule has 0 aliphatic carbocycles. The maximum Gasteiger partial charge on any atom is 0.123 e. The number of hydrogen-bond acceptors (Lipinski definition) is 2. The van der Waals surface area contributed by atoms with Crippen LogP contribution in [0.5, 0.6) is 11.5 Å². The van der Waals surface area contributed by atoms with E-state index in [1.165, 1.54) is 5.56 Å². The van der Waals surface area contributed by atoms with Crippen molar-refractivity contribution >= 4 is 11.6 Å². The molecule has 1 aliphatic heterocycles. The molecule has 1 unspecified atom stereocenters. The maximum absolute atomic E-state index is 5.81. The molecule has 0 bridgehead atoms. The quantitative estimate of drug-likeness (QED) is 0.702. The summed E-state index contributed by atoms with van der Waals surface area (Å²) in [5.41, 5.74) is 2.20. The summed E-state index contributed by atoms with van der Waals surface area (Å²) in [5.74, 6) is 2.26. The molecular formula is C11H13ClO2. The lowest BCUT2D eigenvalue weighted by Gasteiger charge is -2.08. The van der Waals surface area contributed by atoms with Gasteiger partial charge in [0.1, 0.15) is 17.6 Å². The van der Waals surface area contributed by atoms with E-state index in [-0.39, 0.29) is 6.10 Å². The van der Waals surface area contributed by atoms with Crippen molar-refractivity contribution in [3.8, 4) is 11.5 Å². The molecule has 14 heavy (non-hydrogen) atoms. The topological polar surface area (TPSA) is 18.5 Å². The van der Waals surface area contributed by atoms with Gasteiger partial charge in [0.05, 0.1) is 13.0 Å². The van der Waals surface area contributed by atoms with E-state index >= 15 is 0 Å². The van der Waals surface area contributed by atoms with Gasteiger partial charge in [0.15, 0.2) is 0 Å². The Bertz CT molecular complexity index is 316. The van der Waals surface area contributed by atoms with Crippen molar-refractivity contribution in [3.63, 3.8) is 0 Å². The Morgan fingerprint density at radius 3 is 3.00 bits per heavy atom. The van der Waals surface area contributed by atoms with Gasteiger partial charge >= 0.3 is 0 Å². The highest BCUT2D eigenvalue weighted by molar-refractivity contribution is 6.17. The zero-order valence-electron chi connectivity index (χ0n) is 8.34. The normalized spacial score (nSPS) is 18.9. The van der Waals surface area contributed by atoms with E-state index in [2.05, 4.69) is 6.92 Å². The Balaban J connectivity index is 2.43. The van der Waals surface area contributed by atoms with E-state index in [0.29, 0.717) is 5.88 Å². The lowest BCUT2D eigenvalue weighted by molar-refractivity contribution is 0.254. The van der Waals surface area contributed by atoms with Gasteiger partial charge < -0.3 is 9.47 Å². The summed E-state index contributed by atoms with van der Waals surface area (Å²) in [4.78, 5) is 0. The zero-order valence-corrected chi connectivity index (χ0v) is 9.10. The van der Waals surface area contributed by atoms with Crippen molar-refractivity contribution < 1.29 is 9.47 Å². The van der Waals surface area contributed by atoms with Crippen molar-refractivity contribution in [2.45, 2.75) is 25.3 Å². The van der Waals surface area contributed by atoms with Crippen molar-refractivity contribution in [2.24, 2.45) is 0 Å². The molecule has 2 nitrogen and oxygen atoms in total. The molecule has 2 rings (SSSR count). The van der Waals surface area contributed by atoms with Crippen LogP contribution in [-0.4, -0.2) is 13.2 Å². The summed E-state index contributed by atoms with van der Waals surface area (Å²) >= 11 is 5.81. The minimum Gasteiger partial charge on any atom is -0.496 e. The number of halogens is 1. The van der Waals surface area contributed by atoms with Gasteiger partial charge in [-0.25, -0.2) is 0 Å². The molecule has 0 N–H and O–H groups in total. The highest BCUT2D eigenvalue weighted by Gasteiger charge is 2.21. The van der Waals surface area contributed by atoms with Gasteiger partial charge in [-0.2, -0.15) is 0 Å². The van der Waals surface area contributed by atoms with Gasteiger partial charge in [-0.05, 0) is 19.1 Å². The number of rotatable bonds is 2. The van der Waals surface area contributed by atoms with Crippen LogP contribution in [0.2, 0.25) is 0 Å². The fourth-order valence-electron chi connectivity index (χ4n) is 1.78. The molecule has 0 fully saturated rings. The number of methoxy groups -OCH3 is 1. The average Bonchev–Trinajstić information content (AvgIpc) is 2.54. The van der Waals surface area contributed by atoms with Crippen LogP contribution in [0.25, 0.3) is 0 Å². The number of ether oxygens (including phenoxy) is 2. The average molecular weight is 213 g/mol. The highest BCUT2D eigenvalue weighted by Crippen LogP contribution is 2.35. The predicted octanol–water partition coefficient (Wildman–Crippen LogP) is 2.76. The molecule has 1 atom stereocenters. The Morgan fingerprint density at radius 2 is 2.36 bits per heavy atom. The van der Waals surface area contributed by atoms with Crippen LogP contribution < -0.4 is 9.47 Å². The predicted molar refractivity (Wildman–Crippen MR) is 56.3 cm³/mol. The monoisotopic (exact) mass is 212 g/mol. The van der Waals surface area contributed by atoms with Crippen molar-refractivity contribution in [1.29, 1.82) is 0 Å². The third-order valence-corrected chi connectivity index (χ3v) is 2.73. The molecular weight excluding hydrogens is 200 g/mol. The molecule has 1 aromatic carbocycles. The highest BCUT2D eigenvalue weighted by atomic mass is 35.5. The van der Waals surface area contributed by atoms with Crippen molar-refractivity contribution in [3.05, 3.63) is 23.3 Å². The molecule has 3 heteroatoms. The number of hydrogen-bond donors (Lipinski definition) is 0. The minimum atomic E-state index is 0.264. The van der Waals surface area contributed by atoms with Gasteiger partial charge in [0, 0.05) is 17.5 Å². The number of benzene rings is 1. The van der Waals surface area contributed by atoms with E-state index in [4.69, 9.17) is 21.1 Å². The lowest BCUT2D eigenvalue weighted by atomic mass is 10.1. The van der Waals surface area contributed by atoms with Gasteiger partial charge in [0.2, 0.25) is 0 Å².